The molecule has 2 aromatic rings. The van der Waals surface area contributed by atoms with Gasteiger partial charge in [-0.25, -0.2) is 9.36 Å². The standard InChI is InChI=1S/C20H25O6P/c1-3-24-20(21)17(2)25-27(22,26-19-12-8-5-9-13-19)15-14-23-16-18-10-6-4-7-11-18/h4-13,17H,3,14-16H2,1-2H3/t17-,27?/m0/s1. The van der Waals surface area contributed by atoms with Crippen LogP contribution in [0.3, 0.4) is 0 Å². The zero-order valence-corrected chi connectivity index (χ0v) is 16.5. The van der Waals surface area contributed by atoms with E-state index in [0.29, 0.717) is 12.4 Å². The first-order chi connectivity index (χ1) is 13.0. The van der Waals surface area contributed by atoms with Gasteiger partial charge in [-0.3, -0.25) is 4.52 Å². The van der Waals surface area contributed by atoms with Crippen LogP contribution in [0.15, 0.2) is 60.7 Å². The smallest absolute Gasteiger partial charge is 0.382 e. The van der Waals surface area contributed by atoms with Gasteiger partial charge in [0, 0.05) is 0 Å². The van der Waals surface area contributed by atoms with Crippen LogP contribution in [0.25, 0.3) is 0 Å². The molecule has 0 aromatic heterocycles. The maximum absolute atomic E-state index is 13.2. The van der Waals surface area contributed by atoms with Crippen LogP contribution >= 0.6 is 7.60 Å². The Kier molecular flexibility index (Phi) is 8.52. The average molecular weight is 392 g/mol. The largest absolute Gasteiger partial charge is 0.464 e. The van der Waals surface area contributed by atoms with E-state index >= 15 is 0 Å². The highest BCUT2D eigenvalue weighted by atomic mass is 31.2. The predicted molar refractivity (Wildman–Crippen MR) is 103 cm³/mol. The minimum Gasteiger partial charge on any atom is -0.464 e. The number of ether oxygens (including phenoxy) is 2. The first-order valence-corrected chi connectivity index (χ1v) is 10.6. The highest BCUT2D eigenvalue weighted by Gasteiger charge is 2.32. The van der Waals surface area contributed by atoms with E-state index in [2.05, 4.69) is 0 Å². The molecule has 0 N–H and O–H groups in total. The van der Waals surface area contributed by atoms with Crippen LogP contribution in [0.4, 0.5) is 0 Å². The molecule has 0 amide bonds. The normalized spacial score (nSPS) is 14.1. The molecule has 0 heterocycles. The van der Waals surface area contributed by atoms with E-state index in [0.717, 1.165) is 5.56 Å². The summed E-state index contributed by atoms with van der Waals surface area (Å²) in [6, 6.07) is 18.4. The quantitative estimate of drug-likeness (QED) is 0.320. The third-order valence-corrected chi connectivity index (χ3v) is 5.40. The summed E-state index contributed by atoms with van der Waals surface area (Å²) in [5.41, 5.74) is 1.01. The molecule has 0 bridgehead atoms. The second-order valence-electron chi connectivity index (χ2n) is 5.78. The van der Waals surface area contributed by atoms with Crippen molar-refractivity contribution in [1.29, 1.82) is 0 Å². The van der Waals surface area contributed by atoms with Gasteiger partial charge in [0.1, 0.15) is 5.75 Å². The van der Waals surface area contributed by atoms with Crippen LogP contribution in [0.5, 0.6) is 5.75 Å². The van der Waals surface area contributed by atoms with E-state index in [1.165, 1.54) is 6.92 Å². The molecule has 2 rings (SSSR count). The molecule has 27 heavy (non-hydrogen) atoms. The van der Waals surface area contributed by atoms with Gasteiger partial charge in [-0.1, -0.05) is 48.5 Å². The Balaban J connectivity index is 1.97. The van der Waals surface area contributed by atoms with Gasteiger partial charge in [0.15, 0.2) is 6.10 Å². The lowest BCUT2D eigenvalue weighted by atomic mass is 10.2. The number of carbonyl (C=O) groups is 1. The molecule has 0 aliphatic carbocycles. The van der Waals surface area contributed by atoms with Gasteiger partial charge < -0.3 is 14.0 Å². The summed E-state index contributed by atoms with van der Waals surface area (Å²) in [5.74, 6) is -0.181. The molecule has 0 saturated heterocycles. The average Bonchev–Trinajstić information content (AvgIpc) is 2.67. The minimum absolute atomic E-state index is 0.0124. The number of benzene rings is 2. The summed E-state index contributed by atoms with van der Waals surface area (Å²) < 4.78 is 34.8. The Morgan fingerprint density at radius 3 is 2.30 bits per heavy atom. The summed E-state index contributed by atoms with van der Waals surface area (Å²) in [6.07, 6.45) is -0.994. The molecule has 6 nitrogen and oxygen atoms in total. The highest BCUT2D eigenvalue weighted by molar-refractivity contribution is 7.54. The van der Waals surface area contributed by atoms with E-state index in [1.807, 2.05) is 36.4 Å². The Morgan fingerprint density at radius 2 is 1.67 bits per heavy atom. The first-order valence-electron chi connectivity index (χ1n) is 8.83. The van der Waals surface area contributed by atoms with Crippen molar-refractivity contribution in [2.45, 2.75) is 26.6 Å². The molecule has 0 fully saturated rings. The molecular weight excluding hydrogens is 367 g/mol. The molecule has 2 atom stereocenters. The molecule has 1 unspecified atom stereocenters. The van der Waals surface area contributed by atoms with E-state index < -0.39 is 19.7 Å². The molecule has 7 heteroatoms. The summed E-state index contributed by atoms with van der Waals surface area (Å²) in [5, 5.41) is 0. The highest BCUT2D eigenvalue weighted by Crippen LogP contribution is 2.49. The minimum atomic E-state index is -3.62. The lowest BCUT2D eigenvalue weighted by Crippen LogP contribution is -2.24. The van der Waals surface area contributed by atoms with E-state index in [9.17, 15) is 9.36 Å². The predicted octanol–water partition coefficient (Wildman–Crippen LogP) is 4.44. The van der Waals surface area contributed by atoms with E-state index in [1.54, 1.807) is 31.2 Å². The van der Waals surface area contributed by atoms with Crippen molar-refractivity contribution in [2.24, 2.45) is 0 Å². The summed E-state index contributed by atoms with van der Waals surface area (Å²) >= 11 is 0. The van der Waals surface area contributed by atoms with Gasteiger partial charge in [0.05, 0.1) is 26.0 Å². The lowest BCUT2D eigenvalue weighted by Gasteiger charge is -2.22. The van der Waals surface area contributed by atoms with Crippen LogP contribution in [-0.4, -0.2) is 31.4 Å². The number of rotatable bonds is 11. The lowest BCUT2D eigenvalue weighted by molar-refractivity contribution is -0.150. The maximum atomic E-state index is 13.2. The van der Waals surface area contributed by atoms with Crippen molar-refractivity contribution in [3.63, 3.8) is 0 Å². The molecule has 0 aliphatic rings. The Hall–Kier alpha value is -2.14. The van der Waals surface area contributed by atoms with Gasteiger partial charge >= 0.3 is 13.6 Å². The van der Waals surface area contributed by atoms with Gasteiger partial charge in [-0.2, -0.15) is 0 Å². The van der Waals surface area contributed by atoms with E-state index in [4.69, 9.17) is 18.5 Å². The monoisotopic (exact) mass is 392 g/mol. The fourth-order valence-corrected chi connectivity index (χ4v) is 3.85. The number of esters is 1. The van der Waals surface area contributed by atoms with Gasteiger partial charge in [0.2, 0.25) is 0 Å². The van der Waals surface area contributed by atoms with Crippen molar-refractivity contribution in [2.75, 3.05) is 19.4 Å². The zero-order valence-electron chi connectivity index (χ0n) is 15.6. The molecule has 0 spiro atoms. The topological polar surface area (TPSA) is 71.1 Å². The molecule has 0 radical (unpaired) electrons. The van der Waals surface area contributed by atoms with Gasteiger partial charge in [0.25, 0.3) is 0 Å². The molecule has 2 aromatic carbocycles. The number of hydrogen-bond acceptors (Lipinski definition) is 6. The van der Waals surface area contributed by atoms with Crippen LogP contribution in [-0.2, 0) is 30.0 Å². The van der Waals surface area contributed by atoms with Crippen LogP contribution < -0.4 is 4.52 Å². The fraction of sp³-hybridized carbons (Fsp3) is 0.350. The first kappa shape index (κ1) is 21.2. The summed E-state index contributed by atoms with van der Waals surface area (Å²) in [7, 11) is -3.62. The second kappa shape index (κ2) is 10.9. The zero-order chi connectivity index (χ0) is 19.5. The van der Waals surface area contributed by atoms with Crippen LogP contribution in [0.1, 0.15) is 19.4 Å². The van der Waals surface area contributed by atoms with E-state index in [-0.39, 0.29) is 19.4 Å². The summed E-state index contributed by atoms with van der Waals surface area (Å²) in [6.45, 7) is 3.96. The number of hydrogen-bond donors (Lipinski definition) is 0. The summed E-state index contributed by atoms with van der Waals surface area (Å²) in [4.78, 5) is 11.8. The van der Waals surface area contributed by atoms with Gasteiger partial charge in [-0.05, 0) is 31.5 Å². The maximum Gasteiger partial charge on any atom is 0.382 e. The molecular formula is C20H25O6P. The number of carbonyl (C=O) groups excluding carboxylic acids is 1. The SMILES string of the molecule is CCOC(=O)[C@H](C)OP(=O)(CCOCc1ccccc1)Oc1ccccc1. The van der Waals surface area contributed by atoms with Crippen molar-refractivity contribution in [3.05, 3.63) is 66.2 Å². The van der Waals surface area contributed by atoms with Crippen molar-refractivity contribution >= 4 is 13.6 Å². The van der Waals surface area contributed by atoms with Crippen molar-refractivity contribution in [1.82, 2.24) is 0 Å². The van der Waals surface area contributed by atoms with Gasteiger partial charge in [-0.15, -0.1) is 0 Å². The van der Waals surface area contributed by atoms with Crippen LogP contribution in [0, 0.1) is 0 Å². The Labute approximate surface area is 159 Å². The third-order valence-electron chi connectivity index (χ3n) is 3.55. The Morgan fingerprint density at radius 1 is 1.04 bits per heavy atom. The fourth-order valence-electron chi connectivity index (χ4n) is 2.25. The number of para-hydroxylation sites is 1. The molecule has 0 saturated carbocycles. The Bertz CT molecular complexity index is 735. The van der Waals surface area contributed by atoms with Crippen molar-refractivity contribution < 1.29 is 27.9 Å². The van der Waals surface area contributed by atoms with Crippen molar-refractivity contribution in [3.8, 4) is 5.75 Å². The van der Waals surface area contributed by atoms with Crippen LogP contribution in [0.2, 0.25) is 0 Å². The molecule has 146 valence electrons. The molecule has 0 aliphatic heterocycles. The third kappa shape index (κ3) is 7.55. The second-order valence-corrected chi connectivity index (χ2v) is 7.84.